The van der Waals surface area contributed by atoms with Crippen molar-refractivity contribution in [1.29, 1.82) is 0 Å². The highest BCUT2D eigenvalue weighted by atomic mass is 16.6. The Labute approximate surface area is 127 Å². The molecule has 1 fully saturated rings. The number of hydrogen-bond donors (Lipinski definition) is 2. The van der Waals surface area contributed by atoms with Crippen LogP contribution in [0.5, 0.6) is 0 Å². The van der Waals surface area contributed by atoms with Gasteiger partial charge in [0.2, 0.25) is 0 Å². The number of nitrogens with one attached hydrogen (secondary N) is 1. The summed E-state index contributed by atoms with van der Waals surface area (Å²) >= 11 is 0. The SMILES string of the molecule is O=C(NC1(C(=O)O)CCCCCC1)c1ccc([N+](=O)[O-])cc1. The van der Waals surface area contributed by atoms with Crippen molar-refractivity contribution in [3.63, 3.8) is 0 Å². The highest BCUT2D eigenvalue weighted by molar-refractivity contribution is 5.98. The van der Waals surface area contributed by atoms with Crippen LogP contribution in [0.3, 0.4) is 0 Å². The minimum absolute atomic E-state index is 0.112. The number of amides is 1. The van der Waals surface area contributed by atoms with Crippen molar-refractivity contribution in [3.05, 3.63) is 39.9 Å². The van der Waals surface area contributed by atoms with E-state index in [2.05, 4.69) is 5.32 Å². The fourth-order valence-electron chi connectivity index (χ4n) is 2.75. The number of carboxylic acids is 1. The molecule has 1 aromatic rings. The Morgan fingerprint density at radius 2 is 1.64 bits per heavy atom. The second-order valence-corrected chi connectivity index (χ2v) is 5.56. The molecule has 2 rings (SSSR count). The molecule has 7 heteroatoms. The first-order chi connectivity index (χ1) is 10.4. The monoisotopic (exact) mass is 306 g/mol. The molecule has 0 saturated heterocycles. The van der Waals surface area contributed by atoms with E-state index in [0.717, 1.165) is 25.7 Å². The van der Waals surface area contributed by atoms with E-state index in [1.165, 1.54) is 24.3 Å². The largest absolute Gasteiger partial charge is 0.480 e. The fourth-order valence-corrected chi connectivity index (χ4v) is 2.75. The number of aliphatic carboxylic acids is 1. The normalized spacial score (nSPS) is 17.3. The first-order valence-electron chi connectivity index (χ1n) is 7.25. The molecule has 0 aliphatic heterocycles. The standard InChI is InChI=1S/C15H18N2O5/c18-13(11-5-7-12(8-6-11)17(21)22)16-15(14(19)20)9-3-1-2-4-10-15/h5-8H,1-4,9-10H2,(H,16,18)(H,19,20). The highest BCUT2D eigenvalue weighted by Gasteiger charge is 2.40. The number of carbonyl (C=O) groups excluding carboxylic acids is 1. The Morgan fingerprint density at radius 1 is 1.09 bits per heavy atom. The van der Waals surface area contributed by atoms with Crippen LogP contribution >= 0.6 is 0 Å². The number of benzene rings is 1. The van der Waals surface area contributed by atoms with Crippen molar-refractivity contribution >= 4 is 17.6 Å². The van der Waals surface area contributed by atoms with Crippen LogP contribution in [0.4, 0.5) is 5.69 Å². The first kappa shape index (κ1) is 15.9. The lowest BCUT2D eigenvalue weighted by molar-refractivity contribution is -0.384. The average molecular weight is 306 g/mol. The van der Waals surface area contributed by atoms with Gasteiger partial charge < -0.3 is 10.4 Å². The van der Waals surface area contributed by atoms with E-state index in [9.17, 15) is 24.8 Å². The third-order valence-electron chi connectivity index (χ3n) is 4.06. The Balaban J connectivity index is 2.17. The molecule has 0 heterocycles. The molecule has 0 radical (unpaired) electrons. The van der Waals surface area contributed by atoms with E-state index in [1.807, 2.05) is 0 Å². The maximum atomic E-state index is 12.3. The molecule has 1 aliphatic rings. The Kier molecular flexibility index (Phi) is 4.75. The second kappa shape index (κ2) is 6.55. The van der Waals surface area contributed by atoms with Crippen molar-refractivity contribution < 1.29 is 19.6 Å². The molecule has 0 atom stereocenters. The predicted molar refractivity (Wildman–Crippen MR) is 78.6 cm³/mol. The number of non-ortho nitro benzene ring substituents is 1. The van der Waals surface area contributed by atoms with Gasteiger partial charge in [0.25, 0.3) is 11.6 Å². The molecule has 0 spiro atoms. The summed E-state index contributed by atoms with van der Waals surface area (Å²) in [6.07, 6.45) is 4.24. The maximum absolute atomic E-state index is 12.3. The Hall–Kier alpha value is -2.44. The molecule has 1 aliphatic carbocycles. The minimum Gasteiger partial charge on any atom is -0.480 e. The number of carboxylic acid groups (broad SMARTS) is 1. The van der Waals surface area contributed by atoms with Gasteiger partial charge in [-0.15, -0.1) is 0 Å². The molecular weight excluding hydrogens is 288 g/mol. The lowest BCUT2D eigenvalue weighted by atomic mass is 9.90. The lowest BCUT2D eigenvalue weighted by Crippen LogP contribution is -2.54. The summed E-state index contributed by atoms with van der Waals surface area (Å²) in [7, 11) is 0. The van der Waals surface area contributed by atoms with Crippen LogP contribution in [0.25, 0.3) is 0 Å². The molecule has 1 saturated carbocycles. The van der Waals surface area contributed by atoms with E-state index in [1.54, 1.807) is 0 Å². The van der Waals surface area contributed by atoms with Crippen LogP contribution < -0.4 is 5.32 Å². The summed E-state index contributed by atoms with van der Waals surface area (Å²) in [6, 6.07) is 5.13. The van der Waals surface area contributed by atoms with Crippen LogP contribution in [0.2, 0.25) is 0 Å². The quantitative estimate of drug-likeness (QED) is 0.504. The van der Waals surface area contributed by atoms with Crippen LogP contribution in [-0.4, -0.2) is 27.4 Å². The third-order valence-corrected chi connectivity index (χ3v) is 4.06. The lowest BCUT2D eigenvalue weighted by Gasteiger charge is -2.29. The van der Waals surface area contributed by atoms with Crippen molar-refractivity contribution in [2.45, 2.75) is 44.1 Å². The number of nitrogens with zero attached hydrogens (tertiary/aromatic N) is 1. The first-order valence-corrected chi connectivity index (χ1v) is 7.25. The van der Waals surface area contributed by atoms with E-state index in [-0.39, 0.29) is 11.3 Å². The van der Waals surface area contributed by atoms with Gasteiger partial charge in [-0.05, 0) is 25.0 Å². The highest BCUT2D eigenvalue weighted by Crippen LogP contribution is 2.28. The van der Waals surface area contributed by atoms with Gasteiger partial charge >= 0.3 is 5.97 Å². The summed E-state index contributed by atoms with van der Waals surface area (Å²) in [6.45, 7) is 0. The van der Waals surface area contributed by atoms with Gasteiger partial charge in [0.05, 0.1) is 4.92 Å². The predicted octanol–water partition coefficient (Wildman–Crippen LogP) is 2.50. The van der Waals surface area contributed by atoms with Gasteiger partial charge in [-0.1, -0.05) is 25.7 Å². The van der Waals surface area contributed by atoms with E-state index >= 15 is 0 Å². The van der Waals surface area contributed by atoms with Crippen molar-refractivity contribution in [2.75, 3.05) is 0 Å². The maximum Gasteiger partial charge on any atom is 0.329 e. The Morgan fingerprint density at radius 3 is 2.09 bits per heavy atom. The molecule has 1 amide bonds. The van der Waals surface area contributed by atoms with Crippen LogP contribution in [-0.2, 0) is 4.79 Å². The summed E-state index contributed by atoms with van der Waals surface area (Å²) < 4.78 is 0. The summed E-state index contributed by atoms with van der Waals surface area (Å²) in [5.41, 5.74) is -1.13. The van der Waals surface area contributed by atoms with E-state index < -0.39 is 22.3 Å². The fraction of sp³-hybridized carbons (Fsp3) is 0.467. The zero-order valence-corrected chi connectivity index (χ0v) is 12.1. The molecule has 1 aromatic carbocycles. The second-order valence-electron chi connectivity index (χ2n) is 5.56. The van der Waals surface area contributed by atoms with Crippen molar-refractivity contribution in [2.24, 2.45) is 0 Å². The molecule has 7 nitrogen and oxygen atoms in total. The van der Waals surface area contributed by atoms with Crippen LogP contribution in [0.1, 0.15) is 48.9 Å². The summed E-state index contributed by atoms with van der Waals surface area (Å²) in [5.74, 6) is -1.54. The number of hydrogen-bond acceptors (Lipinski definition) is 4. The number of rotatable bonds is 4. The number of nitro groups is 1. The van der Waals surface area contributed by atoms with Crippen LogP contribution in [0.15, 0.2) is 24.3 Å². The van der Waals surface area contributed by atoms with Gasteiger partial charge in [0.1, 0.15) is 5.54 Å². The van der Waals surface area contributed by atoms with E-state index in [0.29, 0.717) is 12.8 Å². The number of carbonyl (C=O) groups is 2. The van der Waals surface area contributed by atoms with Gasteiger partial charge in [-0.2, -0.15) is 0 Å². The molecule has 2 N–H and O–H groups in total. The van der Waals surface area contributed by atoms with E-state index in [4.69, 9.17) is 0 Å². The van der Waals surface area contributed by atoms with Gasteiger partial charge in [-0.3, -0.25) is 14.9 Å². The number of nitro benzene ring substituents is 1. The molecule has 22 heavy (non-hydrogen) atoms. The van der Waals surface area contributed by atoms with Gasteiger partial charge in [-0.25, -0.2) is 4.79 Å². The summed E-state index contributed by atoms with van der Waals surface area (Å²) in [5, 5.41) is 22.8. The molecule has 118 valence electrons. The molecule has 0 aromatic heterocycles. The van der Waals surface area contributed by atoms with Crippen LogP contribution in [0, 0.1) is 10.1 Å². The minimum atomic E-state index is -1.24. The van der Waals surface area contributed by atoms with Crippen molar-refractivity contribution in [1.82, 2.24) is 5.32 Å². The molecular formula is C15H18N2O5. The Bertz CT molecular complexity index is 574. The zero-order valence-electron chi connectivity index (χ0n) is 12.1. The summed E-state index contributed by atoms with van der Waals surface area (Å²) in [4.78, 5) is 34.0. The smallest absolute Gasteiger partial charge is 0.329 e. The van der Waals surface area contributed by atoms with Crippen molar-refractivity contribution in [3.8, 4) is 0 Å². The topological polar surface area (TPSA) is 110 Å². The average Bonchev–Trinajstić information content (AvgIpc) is 2.74. The zero-order chi connectivity index (χ0) is 16.2. The molecule has 0 bridgehead atoms. The third kappa shape index (κ3) is 3.41. The van der Waals surface area contributed by atoms with Gasteiger partial charge in [0.15, 0.2) is 0 Å². The van der Waals surface area contributed by atoms with Gasteiger partial charge in [0, 0.05) is 17.7 Å². The molecule has 0 unspecified atom stereocenters.